The number of hydrogen-bond acceptors (Lipinski definition) is 6. The lowest BCUT2D eigenvalue weighted by Gasteiger charge is -2.10. The highest BCUT2D eigenvalue weighted by atomic mass is 32.2. The zero-order valence-electron chi connectivity index (χ0n) is 11.6. The Kier molecular flexibility index (Phi) is 4.46. The van der Waals surface area contributed by atoms with Gasteiger partial charge in [0.15, 0.2) is 5.16 Å². The molecule has 2 aromatic heterocycles. The van der Waals surface area contributed by atoms with Gasteiger partial charge in [0.1, 0.15) is 0 Å². The van der Waals surface area contributed by atoms with Gasteiger partial charge >= 0.3 is 0 Å². The lowest BCUT2D eigenvalue weighted by molar-refractivity contribution is 0.557. The zero-order valence-corrected chi connectivity index (χ0v) is 13.3. The largest absolute Gasteiger partial charge is 0.368 e. The molecule has 19 heavy (non-hydrogen) atoms. The third-order valence-electron chi connectivity index (χ3n) is 2.62. The molecule has 0 bridgehead atoms. The Labute approximate surface area is 121 Å². The number of nitrogens with two attached hydrogens (primary N) is 1. The van der Waals surface area contributed by atoms with Crippen LogP contribution in [-0.2, 0) is 5.75 Å². The van der Waals surface area contributed by atoms with Crippen molar-refractivity contribution in [2.24, 2.45) is 0 Å². The van der Waals surface area contributed by atoms with E-state index >= 15 is 0 Å². The molecule has 2 N–H and O–H groups in total. The predicted molar refractivity (Wildman–Crippen MR) is 80.6 cm³/mol. The molecule has 2 aromatic rings. The minimum atomic E-state index is 0.263. The summed E-state index contributed by atoms with van der Waals surface area (Å²) in [5, 5.41) is 12.2. The number of hydrogen-bond donors (Lipinski definition) is 1. The van der Waals surface area contributed by atoms with E-state index in [1.165, 1.54) is 5.01 Å². The molecule has 0 unspecified atom stereocenters. The Morgan fingerprint density at radius 3 is 2.63 bits per heavy atom. The highest BCUT2D eigenvalue weighted by molar-refractivity contribution is 7.98. The van der Waals surface area contributed by atoms with Crippen molar-refractivity contribution in [2.45, 2.75) is 50.6 Å². The normalized spacial score (nSPS) is 11.7. The third-order valence-corrected chi connectivity index (χ3v) is 4.79. The number of nitrogen functional groups attached to an aromatic ring is 1. The molecule has 0 aromatic carbocycles. The van der Waals surface area contributed by atoms with Gasteiger partial charge in [-0.25, -0.2) is 4.98 Å². The van der Waals surface area contributed by atoms with Crippen LogP contribution in [0, 0.1) is 0 Å². The Morgan fingerprint density at radius 1 is 1.32 bits per heavy atom. The third kappa shape index (κ3) is 3.27. The number of anilines is 1. The van der Waals surface area contributed by atoms with E-state index in [1.807, 2.05) is 4.57 Å². The molecule has 0 atom stereocenters. The summed E-state index contributed by atoms with van der Waals surface area (Å²) in [6.45, 7) is 8.46. The lowest BCUT2D eigenvalue weighted by Crippen LogP contribution is -2.07. The topological polar surface area (TPSA) is 69.6 Å². The summed E-state index contributed by atoms with van der Waals surface area (Å²) in [4.78, 5) is 4.62. The molecule has 5 nitrogen and oxygen atoms in total. The number of aromatic nitrogens is 4. The summed E-state index contributed by atoms with van der Waals surface area (Å²) >= 11 is 3.34. The minimum absolute atomic E-state index is 0.263. The number of rotatable bonds is 5. The molecule has 0 amide bonds. The monoisotopic (exact) mass is 297 g/mol. The Hall–Kier alpha value is -1.08. The molecule has 2 heterocycles. The molecular weight excluding hydrogens is 278 g/mol. The van der Waals surface area contributed by atoms with Crippen LogP contribution < -0.4 is 5.73 Å². The molecule has 2 rings (SSSR count). The maximum absolute atomic E-state index is 5.82. The van der Waals surface area contributed by atoms with Gasteiger partial charge < -0.3 is 5.73 Å². The SMILES string of the molecule is CC(C)c1nc(CSc2nnc(N)n2C(C)C)cs1. The molecule has 0 saturated carbocycles. The van der Waals surface area contributed by atoms with Crippen LogP contribution in [0.4, 0.5) is 5.95 Å². The average molecular weight is 297 g/mol. The van der Waals surface area contributed by atoms with Crippen molar-refractivity contribution in [1.29, 1.82) is 0 Å². The maximum atomic E-state index is 5.82. The first kappa shape index (κ1) is 14.3. The lowest BCUT2D eigenvalue weighted by atomic mass is 10.2. The van der Waals surface area contributed by atoms with Gasteiger partial charge in [-0.1, -0.05) is 25.6 Å². The van der Waals surface area contributed by atoms with Crippen LogP contribution in [0.5, 0.6) is 0 Å². The fourth-order valence-corrected chi connectivity index (χ4v) is 3.57. The van der Waals surface area contributed by atoms with E-state index in [1.54, 1.807) is 23.1 Å². The number of thioether (sulfide) groups is 1. The van der Waals surface area contributed by atoms with Crippen molar-refractivity contribution in [2.75, 3.05) is 5.73 Å². The van der Waals surface area contributed by atoms with E-state index in [9.17, 15) is 0 Å². The summed E-state index contributed by atoms with van der Waals surface area (Å²) in [6.07, 6.45) is 0. The molecule has 0 aliphatic heterocycles. The molecule has 104 valence electrons. The van der Waals surface area contributed by atoms with E-state index in [-0.39, 0.29) is 6.04 Å². The fourth-order valence-electron chi connectivity index (χ4n) is 1.66. The summed E-state index contributed by atoms with van der Waals surface area (Å²) in [5.41, 5.74) is 6.91. The van der Waals surface area contributed by atoms with Crippen molar-refractivity contribution in [3.8, 4) is 0 Å². The van der Waals surface area contributed by atoms with Crippen LogP contribution >= 0.6 is 23.1 Å². The van der Waals surface area contributed by atoms with E-state index in [2.05, 4.69) is 48.3 Å². The quantitative estimate of drug-likeness (QED) is 0.857. The molecule has 0 spiro atoms. The number of nitrogens with zero attached hydrogens (tertiary/aromatic N) is 4. The van der Waals surface area contributed by atoms with Gasteiger partial charge in [0.2, 0.25) is 5.95 Å². The van der Waals surface area contributed by atoms with E-state index < -0.39 is 0 Å². The first-order valence-electron chi connectivity index (χ1n) is 6.26. The smallest absolute Gasteiger partial charge is 0.222 e. The molecule has 0 saturated heterocycles. The van der Waals surface area contributed by atoms with Crippen LogP contribution in [0.25, 0.3) is 0 Å². The zero-order chi connectivity index (χ0) is 14.0. The van der Waals surface area contributed by atoms with Crippen molar-refractivity contribution in [1.82, 2.24) is 19.7 Å². The second kappa shape index (κ2) is 5.92. The van der Waals surface area contributed by atoms with Gasteiger partial charge in [0, 0.05) is 23.1 Å². The van der Waals surface area contributed by atoms with Gasteiger partial charge in [-0.2, -0.15) is 0 Å². The molecular formula is C12H19N5S2. The second-order valence-electron chi connectivity index (χ2n) is 4.92. The van der Waals surface area contributed by atoms with E-state index in [0.29, 0.717) is 11.9 Å². The molecule has 7 heteroatoms. The van der Waals surface area contributed by atoms with Crippen LogP contribution in [0.15, 0.2) is 10.5 Å². The highest BCUT2D eigenvalue weighted by Crippen LogP contribution is 2.27. The Bertz CT molecular complexity index is 544. The van der Waals surface area contributed by atoms with Crippen LogP contribution in [0.1, 0.15) is 50.4 Å². The summed E-state index contributed by atoms with van der Waals surface area (Å²) in [7, 11) is 0. The Balaban J connectivity index is 2.06. The van der Waals surface area contributed by atoms with Gasteiger partial charge in [-0.3, -0.25) is 4.57 Å². The molecule has 0 fully saturated rings. The summed E-state index contributed by atoms with van der Waals surface area (Å²) < 4.78 is 1.94. The number of thiazole rings is 1. The second-order valence-corrected chi connectivity index (χ2v) is 6.76. The van der Waals surface area contributed by atoms with Crippen LogP contribution in [0.2, 0.25) is 0 Å². The van der Waals surface area contributed by atoms with Crippen LogP contribution in [-0.4, -0.2) is 19.7 Å². The van der Waals surface area contributed by atoms with Crippen molar-refractivity contribution >= 4 is 29.0 Å². The summed E-state index contributed by atoms with van der Waals surface area (Å²) in [5.74, 6) is 1.76. The first-order chi connectivity index (χ1) is 8.99. The minimum Gasteiger partial charge on any atom is -0.368 e. The molecule has 0 aliphatic rings. The van der Waals surface area contributed by atoms with Crippen LogP contribution in [0.3, 0.4) is 0 Å². The summed E-state index contributed by atoms with van der Waals surface area (Å²) in [6, 6.07) is 0.263. The molecule has 0 aliphatic carbocycles. The van der Waals surface area contributed by atoms with E-state index in [4.69, 9.17) is 5.73 Å². The predicted octanol–water partition coefficient (Wildman–Crippen LogP) is 3.31. The Morgan fingerprint density at radius 2 is 2.05 bits per heavy atom. The van der Waals surface area contributed by atoms with Gasteiger partial charge in [0.25, 0.3) is 0 Å². The fraction of sp³-hybridized carbons (Fsp3) is 0.583. The van der Waals surface area contributed by atoms with Gasteiger partial charge in [-0.05, 0) is 13.8 Å². The van der Waals surface area contributed by atoms with Gasteiger partial charge in [-0.15, -0.1) is 21.5 Å². The standard InChI is InChI=1S/C12H19N5S2/c1-7(2)10-14-9(5-18-10)6-19-12-16-15-11(13)17(12)8(3)4/h5,7-8H,6H2,1-4H3,(H2,13,15). The maximum Gasteiger partial charge on any atom is 0.222 e. The first-order valence-corrected chi connectivity index (χ1v) is 8.13. The molecule has 0 radical (unpaired) electrons. The van der Waals surface area contributed by atoms with E-state index in [0.717, 1.165) is 16.6 Å². The van der Waals surface area contributed by atoms with Crippen molar-refractivity contribution in [3.05, 3.63) is 16.1 Å². The highest BCUT2D eigenvalue weighted by Gasteiger charge is 2.14. The van der Waals surface area contributed by atoms with Gasteiger partial charge in [0.05, 0.1) is 10.7 Å². The average Bonchev–Trinajstić information content (AvgIpc) is 2.92. The van der Waals surface area contributed by atoms with Crippen molar-refractivity contribution < 1.29 is 0 Å². The van der Waals surface area contributed by atoms with Crippen molar-refractivity contribution in [3.63, 3.8) is 0 Å².